The third kappa shape index (κ3) is 2.87. The minimum Gasteiger partial charge on any atom is -0.427 e. The number of rotatable bonds is 2. The van der Waals surface area contributed by atoms with Crippen molar-refractivity contribution in [2.75, 3.05) is 0 Å². The van der Waals surface area contributed by atoms with Gasteiger partial charge in [0.2, 0.25) is 5.89 Å². The summed E-state index contributed by atoms with van der Waals surface area (Å²) in [5, 5.41) is 0.339. The standard InChI is InChI=1S/C16H10INO4/c1-9(19)21-10-6-7-12-14(8-10)18-15(22-16(12)20)11-4-2-3-5-13(11)17/h2-8H,1H3. The molecule has 0 aliphatic carbocycles. The predicted molar refractivity (Wildman–Crippen MR) is 89.7 cm³/mol. The summed E-state index contributed by atoms with van der Waals surface area (Å²) < 4.78 is 11.2. The summed E-state index contributed by atoms with van der Waals surface area (Å²) in [5.74, 6) is 0.148. The second kappa shape index (κ2) is 5.88. The average Bonchev–Trinajstić information content (AvgIpc) is 2.46. The number of carbonyl (C=O) groups excluding carboxylic acids is 1. The maximum Gasteiger partial charge on any atom is 0.347 e. The van der Waals surface area contributed by atoms with Crippen LogP contribution in [-0.2, 0) is 4.79 Å². The molecule has 0 spiro atoms. The van der Waals surface area contributed by atoms with Gasteiger partial charge in [-0.3, -0.25) is 4.79 Å². The topological polar surface area (TPSA) is 69.4 Å². The summed E-state index contributed by atoms with van der Waals surface area (Å²) in [5.41, 5.74) is 0.679. The smallest absolute Gasteiger partial charge is 0.347 e. The molecular weight excluding hydrogens is 397 g/mol. The van der Waals surface area contributed by atoms with Crippen LogP contribution < -0.4 is 10.4 Å². The second-order valence-corrected chi connectivity index (χ2v) is 5.72. The first kappa shape index (κ1) is 14.7. The fourth-order valence-corrected chi connectivity index (χ4v) is 2.65. The Balaban J connectivity index is 2.20. The van der Waals surface area contributed by atoms with Crippen molar-refractivity contribution >= 4 is 39.5 Å². The number of nitrogens with zero attached hydrogens (tertiary/aromatic N) is 1. The van der Waals surface area contributed by atoms with Crippen molar-refractivity contribution in [3.8, 4) is 17.2 Å². The van der Waals surface area contributed by atoms with E-state index in [4.69, 9.17) is 9.15 Å². The average molecular weight is 407 g/mol. The van der Waals surface area contributed by atoms with Crippen LogP contribution in [0.15, 0.2) is 51.7 Å². The molecule has 0 atom stereocenters. The highest BCUT2D eigenvalue weighted by Gasteiger charge is 2.12. The Morgan fingerprint density at radius 3 is 2.73 bits per heavy atom. The van der Waals surface area contributed by atoms with Gasteiger partial charge in [-0.25, -0.2) is 9.78 Å². The Morgan fingerprint density at radius 2 is 2.00 bits per heavy atom. The Kier molecular flexibility index (Phi) is 3.93. The van der Waals surface area contributed by atoms with E-state index in [1.807, 2.05) is 24.3 Å². The maximum absolute atomic E-state index is 12.1. The number of esters is 1. The molecule has 5 nitrogen and oxygen atoms in total. The number of hydrogen-bond acceptors (Lipinski definition) is 5. The Labute approximate surface area is 139 Å². The van der Waals surface area contributed by atoms with Gasteiger partial charge in [-0.2, -0.15) is 0 Å². The molecule has 0 saturated heterocycles. The first-order valence-corrected chi connectivity index (χ1v) is 7.51. The molecule has 0 amide bonds. The third-order valence-corrected chi connectivity index (χ3v) is 3.91. The monoisotopic (exact) mass is 407 g/mol. The Bertz CT molecular complexity index is 933. The van der Waals surface area contributed by atoms with Gasteiger partial charge in [0.1, 0.15) is 5.75 Å². The van der Waals surface area contributed by atoms with Gasteiger partial charge in [0, 0.05) is 16.6 Å². The Morgan fingerprint density at radius 1 is 1.23 bits per heavy atom. The first-order valence-electron chi connectivity index (χ1n) is 6.43. The van der Waals surface area contributed by atoms with Crippen LogP contribution >= 0.6 is 22.6 Å². The highest BCUT2D eigenvalue weighted by atomic mass is 127. The number of halogens is 1. The van der Waals surface area contributed by atoms with Crippen molar-refractivity contribution in [2.24, 2.45) is 0 Å². The summed E-state index contributed by atoms with van der Waals surface area (Å²) in [6, 6.07) is 12.1. The van der Waals surface area contributed by atoms with E-state index in [0.29, 0.717) is 16.7 Å². The van der Waals surface area contributed by atoms with E-state index in [1.165, 1.54) is 19.1 Å². The molecule has 1 aromatic heterocycles. The zero-order chi connectivity index (χ0) is 15.7. The number of fused-ring (bicyclic) bond motifs is 1. The second-order valence-electron chi connectivity index (χ2n) is 4.56. The van der Waals surface area contributed by atoms with E-state index in [9.17, 15) is 9.59 Å². The van der Waals surface area contributed by atoms with Crippen LogP contribution in [0.2, 0.25) is 0 Å². The minimum atomic E-state index is -0.478. The molecule has 0 saturated carbocycles. The number of benzene rings is 2. The molecule has 1 heterocycles. The van der Waals surface area contributed by atoms with Gasteiger partial charge >= 0.3 is 11.6 Å². The van der Waals surface area contributed by atoms with Crippen molar-refractivity contribution in [1.29, 1.82) is 0 Å². The lowest BCUT2D eigenvalue weighted by Crippen LogP contribution is -2.05. The van der Waals surface area contributed by atoms with Gasteiger partial charge in [0.25, 0.3) is 0 Å². The van der Waals surface area contributed by atoms with Crippen LogP contribution in [0.1, 0.15) is 6.92 Å². The summed E-state index contributed by atoms with van der Waals surface area (Å²) in [6.45, 7) is 1.31. The fraction of sp³-hybridized carbons (Fsp3) is 0.0625. The summed E-state index contributed by atoms with van der Waals surface area (Å²) in [6.07, 6.45) is 0. The SMILES string of the molecule is CC(=O)Oc1ccc2c(=O)oc(-c3ccccc3I)nc2c1. The molecule has 0 fully saturated rings. The molecular formula is C16H10INO4. The van der Waals surface area contributed by atoms with Crippen LogP contribution in [0.25, 0.3) is 22.4 Å². The molecule has 3 rings (SSSR count). The van der Waals surface area contributed by atoms with Crippen LogP contribution in [0.3, 0.4) is 0 Å². The van der Waals surface area contributed by atoms with Gasteiger partial charge in [0.05, 0.1) is 16.5 Å². The molecule has 3 aromatic rings. The molecule has 0 radical (unpaired) electrons. The summed E-state index contributed by atoms with van der Waals surface area (Å²) >= 11 is 2.15. The van der Waals surface area contributed by atoms with Gasteiger partial charge < -0.3 is 9.15 Å². The third-order valence-electron chi connectivity index (χ3n) is 2.97. The van der Waals surface area contributed by atoms with E-state index in [2.05, 4.69) is 27.6 Å². The highest BCUT2D eigenvalue weighted by Crippen LogP contribution is 2.25. The van der Waals surface area contributed by atoms with E-state index >= 15 is 0 Å². The zero-order valence-electron chi connectivity index (χ0n) is 11.5. The van der Waals surface area contributed by atoms with Crippen molar-refractivity contribution < 1.29 is 13.9 Å². The van der Waals surface area contributed by atoms with Crippen molar-refractivity contribution in [3.63, 3.8) is 0 Å². The number of hydrogen-bond donors (Lipinski definition) is 0. The molecule has 22 heavy (non-hydrogen) atoms. The van der Waals surface area contributed by atoms with Gasteiger partial charge in [-0.1, -0.05) is 12.1 Å². The maximum atomic E-state index is 12.1. The van der Waals surface area contributed by atoms with Crippen LogP contribution in [0.4, 0.5) is 0 Å². The van der Waals surface area contributed by atoms with Crippen LogP contribution in [0, 0.1) is 3.57 Å². The lowest BCUT2D eigenvalue weighted by molar-refractivity contribution is -0.131. The number of aromatic nitrogens is 1. The molecule has 2 aromatic carbocycles. The molecule has 0 bridgehead atoms. The van der Waals surface area contributed by atoms with E-state index in [-0.39, 0.29) is 5.89 Å². The summed E-state index contributed by atoms with van der Waals surface area (Å²) in [7, 11) is 0. The van der Waals surface area contributed by atoms with E-state index in [0.717, 1.165) is 9.13 Å². The molecule has 6 heteroatoms. The number of carbonyl (C=O) groups is 1. The lowest BCUT2D eigenvalue weighted by Gasteiger charge is -2.05. The van der Waals surface area contributed by atoms with Crippen molar-refractivity contribution in [2.45, 2.75) is 6.92 Å². The number of ether oxygens (including phenoxy) is 1. The fourth-order valence-electron chi connectivity index (χ4n) is 2.03. The Hall–Kier alpha value is -2.22. The molecule has 0 unspecified atom stereocenters. The lowest BCUT2D eigenvalue weighted by atomic mass is 10.2. The van der Waals surface area contributed by atoms with Crippen molar-refractivity contribution in [1.82, 2.24) is 4.98 Å². The molecule has 0 N–H and O–H groups in total. The van der Waals surface area contributed by atoms with Gasteiger partial charge in [0.15, 0.2) is 0 Å². The predicted octanol–water partition coefficient (Wildman–Crippen LogP) is 3.38. The highest BCUT2D eigenvalue weighted by molar-refractivity contribution is 14.1. The van der Waals surface area contributed by atoms with Gasteiger partial charge in [-0.05, 0) is 46.9 Å². The summed E-state index contributed by atoms with van der Waals surface area (Å²) in [4.78, 5) is 27.5. The largest absolute Gasteiger partial charge is 0.427 e. The molecule has 0 aliphatic heterocycles. The van der Waals surface area contributed by atoms with Gasteiger partial charge in [-0.15, -0.1) is 0 Å². The first-order chi connectivity index (χ1) is 10.5. The molecule has 0 aliphatic rings. The quantitative estimate of drug-likeness (QED) is 0.370. The molecule has 110 valence electrons. The van der Waals surface area contributed by atoms with Crippen LogP contribution in [0.5, 0.6) is 5.75 Å². The normalized spacial score (nSPS) is 10.6. The minimum absolute atomic E-state index is 0.238. The van der Waals surface area contributed by atoms with E-state index < -0.39 is 11.6 Å². The van der Waals surface area contributed by atoms with Crippen molar-refractivity contribution in [3.05, 3.63) is 56.5 Å². The zero-order valence-corrected chi connectivity index (χ0v) is 13.7. The van der Waals surface area contributed by atoms with Crippen LogP contribution in [-0.4, -0.2) is 11.0 Å². The van der Waals surface area contributed by atoms with E-state index in [1.54, 1.807) is 6.07 Å².